The van der Waals surface area contributed by atoms with E-state index < -0.39 is 0 Å². The maximum absolute atomic E-state index is 13.1. The van der Waals surface area contributed by atoms with Crippen molar-refractivity contribution in [3.8, 4) is 17.0 Å². The molecule has 2 aromatic carbocycles. The average molecular weight is 429 g/mol. The highest BCUT2D eigenvalue weighted by Gasteiger charge is 2.25. The molecule has 0 aliphatic carbocycles. The minimum absolute atomic E-state index is 0.0810. The van der Waals surface area contributed by atoms with E-state index in [1.54, 1.807) is 30.5 Å². The predicted octanol–water partition coefficient (Wildman–Crippen LogP) is 4.23. The van der Waals surface area contributed by atoms with Crippen LogP contribution in [-0.2, 0) is 0 Å². The van der Waals surface area contributed by atoms with Crippen LogP contribution in [0.3, 0.4) is 0 Å². The Morgan fingerprint density at radius 2 is 1.90 bits per heavy atom. The lowest BCUT2D eigenvalue weighted by Crippen LogP contribution is -2.48. The molecule has 0 saturated carbocycles. The van der Waals surface area contributed by atoms with Crippen LogP contribution >= 0.6 is 11.6 Å². The minimum atomic E-state index is -0.255. The maximum Gasteiger partial charge on any atom is 0.257 e. The number of aromatic amines is 1. The molecule has 8 heteroatoms. The third kappa shape index (κ3) is 4.11. The Morgan fingerprint density at radius 1 is 1.17 bits per heavy atom. The van der Waals surface area contributed by atoms with E-state index in [0.717, 1.165) is 11.3 Å². The van der Waals surface area contributed by atoms with E-state index in [1.165, 1.54) is 12.1 Å². The molecule has 1 amide bonds. The third-order valence-corrected chi connectivity index (χ3v) is 5.44. The number of nitrogens with one attached hydrogen (secondary N) is 1. The van der Waals surface area contributed by atoms with Gasteiger partial charge >= 0.3 is 0 Å². The van der Waals surface area contributed by atoms with Crippen molar-refractivity contribution in [2.24, 2.45) is 0 Å². The molecule has 0 radical (unpaired) electrons. The number of hydrogen-bond donors (Lipinski definition) is 1. The van der Waals surface area contributed by atoms with Crippen molar-refractivity contribution in [3.63, 3.8) is 0 Å². The number of hydrogen-bond acceptors (Lipinski definition) is 4. The molecular formula is C22H22ClFN4O2. The fourth-order valence-corrected chi connectivity index (χ4v) is 3.82. The first-order chi connectivity index (χ1) is 14.6. The molecule has 0 unspecified atom stereocenters. The molecule has 1 aromatic heterocycles. The van der Waals surface area contributed by atoms with Gasteiger partial charge in [0, 0.05) is 37.4 Å². The van der Waals surface area contributed by atoms with Crippen molar-refractivity contribution in [1.29, 1.82) is 0 Å². The number of H-pyrrole nitrogens is 1. The Bertz CT molecular complexity index is 1030. The number of carbonyl (C=O) groups excluding carboxylic acids is 1. The van der Waals surface area contributed by atoms with E-state index in [1.807, 2.05) is 17.9 Å². The molecule has 1 fully saturated rings. The van der Waals surface area contributed by atoms with E-state index in [4.69, 9.17) is 16.3 Å². The van der Waals surface area contributed by atoms with Crippen LogP contribution in [0, 0.1) is 5.82 Å². The molecule has 0 spiro atoms. The van der Waals surface area contributed by atoms with E-state index in [-0.39, 0.29) is 11.7 Å². The van der Waals surface area contributed by atoms with Crippen LogP contribution in [0.4, 0.5) is 10.1 Å². The lowest BCUT2D eigenvalue weighted by atomic mass is 10.1. The number of ether oxygens (including phenoxy) is 1. The molecule has 1 aliphatic heterocycles. The monoisotopic (exact) mass is 428 g/mol. The SMILES string of the molecule is CCOc1ccc(-c2[nH]ncc2C(=O)N2CCN(c3ccc(F)cc3)CC2)cc1Cl. The third-order valence-electron chi connectivity index (χ3n) is 5.15. The maximum atomic E-state index is 13.1. The Labute approximate surface area is 179 Å². The number of nitrogens with zero attached hydrogens (tertiary/aromatic N) is 3. The van der Waals surface area contributed by atoms with Crippen LogP contribution in [0.15, 0.2) is 48.7 Å². The Morgan fingerprint density at radius 3 is 2.57 bits per heavy atom. The van der Waals surface area contributed by atoms with Gasteiger partial charge in [-0.2, -0.15) is 5.10 Å². The van der Waals surface area contributed by atoms with Crippen molar-refractivity contribution in [2.45, 2.75) is 6.92 Å². The van der Waals surface area contributed by atoms with Crippen molar-refractivity contribution in [1.82, 2.24) is 15.1 Å². The van der Waals surface area contributed by atoms with Gasteiger partial charge in [-0.15, -0.1) is 0 Å². The van der Waals surface area contributed by atoms with E-state index in [2.05, 4.69) is 15.1 Å². The number of rotatable bonds is 5. The first kappa shape index (κ1) is 20.2. The molecule has 3 aromatic rings. The number of amides is 1. The summed E-state index contributed by atoms with van der Waals surface area (Å²) in [6.45, 7) is 4.93. The molecule has 0 bridgehead atoms. The van der Waals surface area contributed by atoms with Gasteiger partial charge in [-0.05, 0) is 49.4 Å². The van der Waals surface area contributed by atoms with E-state index in [9.17, 15) is 9.18 Å². The molecule has 2 heterocycles. The van der Waals surface area contributed by atoms with Gasteiger partial charge in [0.25, 0.3) is 5.91 Å². The van der Waals surface area contributed by atoms with Gasteiger partial charge in [-0.25, -0.2) is 4.39 Å². The van der Waals surface area contributed by atoms with Crippen LogP contribution in [-0.4, -0.2) is 53.8 Å². The van der Waals surface area contributed by atoms with Crippen molar-refractivity contribution in [2.75, 3.05) is 37.7 Å². The fraction of sp³-hybridized carbons (Fsp3) is 0.273. The highest BCUT2D eigenvalue weighted by atomic mass is 35.5. The first-order valence-corrected chi connectivity index (χ1v) is 10.2. The van der Waals surface area contributed by atoms with E-state index in [0.29, 0.717) is 54.8 Å². The summed E-state index contributed by atoms with van der Waals surface area (Å²) < 4.78 is 18.6. The van der Waals surface area contributed by atoms with Gasteiger partial charge in [0.1, 0.15) is 11.6 Å². The van der Waals surface area contributed by atoms with Gasteiger partial charge in [-0.3, -0.25) is 9.89 Å². The molecule has 156 valence electrons. The Hall–Kier alpha value is -3.06. The topological polar surface area (TPSA) is 61.5 Å². The Kier molecular flexibility index (Phi) is 5.90. The summed E-state index contributed by atoms with van der Waals surface area (Å²) in [6, 6.07) is 11.8. The van der Waals surface area contributed by atoms with Crippen LogP contribution in [0.5, 0.6) is 5.75 Å². The summed E-state index contributed by atoms with van der Waals surface area (Å²) in [4.78, 5) is 17.1. The molecule has 0 atom stereocenters. The minimum Gasteiger partial charge on any atom is -0.492 e. The molecule has 4 rings (SSSR count). The molecule has 1 aliphatic rings. The van der Waals surface area contributed by atoms with Gasteiger partial charge in [0.2, 0.25) is 0 Å². The van der Waals surface area contributed by atoms with E-state index >= 15 is 0 Å². The summed E-state index contributed by atoms with van der Waals surface area (Å²) in [5.74, 6) is 0.268. The van der Waals surface area contributed by atoms with Crippen LogP contribution < -0.4 is 9.64 Å². The van der Waals surface area contributed by atoms with Crippen LogP contribution in [0.25, 0.3) is 11.3 Å². The fourth-order valence-electron chi connectivity index (χ4n) is 3.59. The van der Waals surface area contributed by atoms with Crippen molar-refractivity contribution in [3.05, 3.63) is 65.1 Å². The lowest BCUT2D eigenvalue weighted by molar-refractivity contribution is 0.0747. The molecule has 30 heavy (non-hydrogen) atoms. The Balaban J connectivity index is 1.47. The van der Waals surface area contributed by atoms with Gasteiger partial charge in [-0.1, -0.05) is 11.6 Å². The van der Waals surface area contributed by atoms with Crippen molar-refractivity contribution >= 4 is 23.2 Å². The summed E-state index contributed by atoms with van der Waals surface area (Å²) in [5.41, 5.74) is 2.86. The molecule has 1 N–H and O–H groups in total. The van der Waals surface area contributed by atoms with Gasteiger partial charge in [0.15, 0.2) is 0 Å². The normalized spacial score (nSPS) is 14.1. The quantitative estimate of drug-likeness (QED) is 0.660. The average Bonchev–Trinajstić information content (AvgIpc) is 3.25. The second-order valence-electron chi connectivity index (χ2n) is 6.99. The number of benzene rings is 2. The number of carbonyl (C=O) groups is 1. The number of aromatic nitrogens is 2. The molecular weight excluding hydrogens is 407 g/mol. The van der Waals surface area contributed by atoms with Crippen LogP contribution in [0.1, 0.15) is 17.3 Å². The second-order valence-corrected chi connectivity index (χ2v) is 7.40. The molecule has 6 nitrogen and oxygen atoms in total. The summed E-state index contributed by atoms with van der Waals surface area (Å²) in [5, 5.41) is 7.48. The van der Waals surface area contributed by atoms with Crippen LogP contribution in [0.2, 0.25) is 5.02 Å². The number of anilines is 1. The smallest absolute Gasteiger partial charge is 0.257 e. The largest absolute Gasteiger partial charge is 0.492 e. The number of halogens is 2. The predicted molar refractivity (Wildman–Crippen MR) is 115 cm³/mol. The number of piperazine rings is 1. The van der Waals surface area contributed by atoms with Gasteiger partial charge < -0.3 is 14.5 Å². The molecule has 1 saturated heterocycles. The lowest BCUT2D eigenvalue weighted by Gasteiger charge is -2.36. The summed E-state index contributed by atoms with van der Waals surface area (Å²) in [6.07, 6.45) is 1.55. The van der Waals surface area contributed by atoms with Crippen molar-refractivity contribution < 1.29 is 13.9 Å². The standard InChI is InChI=1S/C22H22ClFN4O2/c1-2-30-20-8-3-15(13-19(20)23)21-18(14-25-26-21)22(29)28-11-9-27(10-12-28)17-6-4-16(24)5-7-17/h3-8,13-14H,2,9-12H2,1H3,(H,25,26). The van der Waals surface area contributed by atoms with Gasteiger partial charge in [0.05, 0.1) is 29.1 Å². The highest BCUT2D eigenvalue weighted by molar-refractivity contribution is 6.32. The first-order valence-electron chi connectivity index (χ1n) is 9.82. The zero-order valence-corrected chi connectivity index (χ0v) is 17.3. The zero-order valence-electron chi connectivity index (χ0n) is 16.6. The summed E-state index contributed by atoms with van der Waals surface area (Å²) >= 11 is 6.31. The summed E-state index contributed by atoms with van der Waals surface area (Å²) in [7, 11) is 0. The zero-order chi connectivity index (χ0) is 21.1. The highest BCUT2D eigenvalue weighted by Crippen LogP contribution is 2.31. The second kappa shape index (κ2) is 8.75.